The summed E-state index contributed by atoms with van der Waals surface area (Å²) in [6.07, 6.45) is 0. The van der Waals surface area contributed by atoms with Crippen LogP contribution < -0.4 is 10.1 Å². The summed E-state index contributed by atoms with van der Waals surface area (Å²) in [5, 5.41) is 32.5. The molecule has 3 N–H and O–H groups in total. The maximum absolute atomic E-state index is 12.3. The van der Waals surface area contributed by atoms with E-state index in [-0.39, 0.29) is 17.9 Å². The number of carbonyl (C=O) groups is 2. The molecule has 0 aliphatic carbocycles. The first-order valence-corrected chi connectivity index (χ1v) is 7.85. The van der Waals surface area contributed by atoms with Crippen molar-refractivity contribution in [1.82, 2.24) is 0 Å². The van der Waals surface area contributed by atoms with Crippen LogP contribution in [0.1, 0.15) is 22.8 Å². The number of rotatable bonds is 7. The molecule has 0 aromatic heterocycles. The van der Waals surface area contributed by atoms with E-state index in [0.717, 1.165) is 0 Å². The number of hydrogen-bond acceptors (Lipinski definition) is 6. The molecule has 142 valence electrons. The normalized spacial score (nSPS) is 12.7. The standard InChI is InChI=1S/C18H18N2O7/c1-11-9-13(5-8-15(11)20(25)26)19-17(23)18(2,24)10-27-14-6-3-12(4-7-14)16(21)22/h3-9,24H,10H2,1-2H3,(H,19,23)(H,21,22). The zero-order valence-corrected chi connectivity index (χ0v) is 14.6. The van der Waals surface area contributed by atoms with Crippen LogP contribution in [0.5, 0.6) is 5.75 Å². The molecule has 1 atom stereocenters. The van der Waals surface area contributed by atoms with Gasteiger partial charge in [0.1, 0.15) is 12.4 Å². The quantitative estimate of drug-likeness (QED) is 0.499. The van der Waals surface area contributed by atoms with Gasteiger partial charge in [0.25, 0.3) is 11.6 Å². The minimum absolute atomic E-state index is 0.0760. The minimum atomic E-state index is -1.89. The van der Waals surface area contributed by atoms with Crippen molar-refractivity contribution in [1.29, 1.82) is 0 Å². The van der Waals surface area contributed by atoms with E-state index in [4.69, 9.17) is 9.84 Å². The maximum Gasteiger partial charge on any atom is 0.335 e. The first-order chi connectivity index (χ1) is 12.6. The third kappa shape index (κ3) is 5.02. The molecule has 0 fully saturated rings. The SMILES string of the molecule is Cc1cc(NC(=O)C(C)(O)COc2ccc(C(=O)O)cc2)ccc1[N+](=O)[O-]. The van der Waals surface area contributed by atoms with Crippen LogP contribution in [0, 0.1) is 17.0 Å². The van der Waals surface area contributed by atoms with Gasteiger partial charge in [-0.15, -0.1) is 0 Å². The van der Waals surface area contributed by atoms with E-state index in [0.29, 0.717) is 17.0 Å². The number of anilines is 1. The van der Waals surface area contributed by atoms with Crippen molar-refractivity contribution >= 4 is 23.3 Å². The van der Waals surface area contributed by atoms with E-state index in [1.807, 2.05) is 0 Å². The molecule has 0 saturated heterocycles. The highest BCUT2D eigenvalue weighted by Gasteiger charge is 2.31. The Kier molecular flexibility index (Phi) is 5.76. The third-order valence-corrected chi connectivity index (χ3v) is 3.76. The lowest BCUT2D eigenvalue weighted by atomic mass is 10.1. The zero-order valence-electron chi connectivity index (χ0n) is 14.6. The van der Waals surface area contributed by atoms with Gasteiger partial charge in [0.05, 0.1) is 10.5 Å². The number of nitrogens with zero attached hydrogens (tertiary/aromatic N) is 1. The van der Waals surface area contributed by atoms with E-state index in [1.165, 1.54) is 56.3 Å². The number of aliphatic hydroxyl groups is 1. The number of amides is 1. The molecule has 27 heavy (non-hydrogen) atoms. The summed E-state index contributed by atoms with van der Waals surface area (Å²) >= 11 is 0. The third-order valence-electron chi connectivity index (χ3n) is 3.76. The van der Waals surface area contributed by atoms with Crippen molar-refractivity contribution in [2.75, 3.05) is 11.9 Å². The summed E-state index contributed by atoms with van der Waals surface area (Å²) in [6.45, 7) is 2.42. The molecule has 0 spiro atoms. The highest BCUT2D eigenvalue weighted by atomic mass is 16.6. The molecule has 0 bridgehead atoms. The Morgan fingerprint density at radius 3 is 2.37 bits per heavy atom. The number of carboxylic acids is 1. The number of carboxylic acid groups (broad SMARTS) is 1. The molecule has 0 saturated carbocycles. The molecule has 1 amide bonds. The lowest BCUT2D eigenvalue weighted by Crippen LogP contribution is -2.45. The fraction of sp³-hybridized carbons (Fsp3) is 0.222. The Morgan fingerprint density at radius 2 is 1.85 bits per heavy atom. The Balaban J connectivity index is 2.01. The number of aromatic carboxylic acids is 1. The number of ether oxygens (including phenoxy) is 1. The van der Waals surface area contributed by atoms with Crippen LogP contribution in [-0.2, 0) is 4.79 Å². The number of nitro groups is 1. The second-order valence-corrected chi connectivity index (χ2v) is 6.10. The molecule has 0 radical (unpaired) electrons. The molecule has 9 nitrogen and oxygen atoms in total. The van der Waals surface area contributed by atoms with Crippen LogP contribution in [0.25, 0.3) is 0 Å². The number of nitrogens with one attached hydrogen (secondary N) is 1. The molecular weight excluding hydrogens is 356 g/mol. The fourth-order valence-corrected chi connectivity index (χ4v) is 2.19. The number of aryl methyl sites for hydroxylation is 1. The van der Waals surface area contributed by atoms with Crippen molar-refractivity contribution < 1.29 is 29.5 Å². The average Bonchev–Trinajstić information content (AvgIpc) is 2.60. The van der Waals surface area contributed by atoms with Crippen LogP contribution in [0.3, 0.4) is 0 Å². The van der Waals surface area contributed by atoms with Crippen LogP contribution >= 0.6 is 0 Å². The second-order valence-electron chi connectivity index (χ2n) is 6.10. The van der Waals surface area contributed by atoms with Gasteiger partial charge in [-0.2, -0.15) is 0 Å². The van der Waals surface area contributed by atoms with Crippen molar-refractivity contribution in [2.45, 2.75) is 19.4 Å². The smallest absolute Gasteiger partial charge is 0.335 e. The second kappa shape index (κ2) is 7.83. The molecule has 2 aromatic rings. The molecule has 2 aromatic carbocycles. The van der Waals surface area contributed by atoms with Gasteiger partial charge in [0, 0.05) is 17.3 Å². The summed E-state index contributed by atoms with van der Waals surface area (Å²) in [4.78, 5) is 33.4. The Bertz CT molecular complexity index is 876. The topological polar surface area (TPSA) is 139 Å². The zero-order chi connectivity index (χ0) is 20.2. The number of hydrogen-bond donors (Lipinski definition) is 3. The molecule has 0 heterocycles. The van der Waals surface area contributed by atoms with Gasteiger partial charge in [0.2, 0.25) is 0 Å². The van der Waals surface area contributed by atoms with Crippen LogP contribution in [0.4, 0.5) is 11.4 Å². The van der Waals surface area contributed by atoms with Crippen molar-refractivity contribution in [3.05, 3.63) is 63.7 Å². The van der Waals surface area contributed by atoms with Crippen molar-refractivity contribution in [3.63, 3.8) is 0 Å². The van der Waals surface area contributed by atoms with Crippen LogP contribution in [0.2, 0.25) is 0 Å². The largest absolute Gasteiger partial charge is 0.490 e. The minimum Gasteiger partial charge on any atom is -0.490 e. The Hall–Kier alpha value is -3.46. The fourth-order valence-electron chi connectivity index (χ4n) is 2.19. The van der Waals surface area contributed by atoms with E-state index in [9.17, 15) is 24.8 Å². The lowest BCUT2D eigenvalue weighted by Gasteiger charge is -2.22. The molecule has 1 unspecified atom stereocenters. The monoisotopic (exact) mass is 374 g/mol. The van der Waals surface area contributed by atoms with Gasteiger partial charge < -0.3 is 20.3 Å². The summed E-state index contributed by atoms with van der Waals surface area (Å²) in [7, 11) is 0. The predicted octanol–water partition coefficient (Wildman–Crippen LogP) is 2.37. The van der Waals surface area contributed by atoms with Crippen LogP contribution in [-0.4, -0.2) is 39.2 Å². The summed E-state index contributed by atoms with van der Waals surface area (Å²) in [6, 6.07) is 9.56. The van der Waals surface area contributed by atoms with Gasteiger partial charge in [-0.05, 0) is 50.2 Å². The maximum atomic E-state index is 12.3. The van der Waals surface area contributed by atoms with Crippen molar-refractivity contribution in [2.24, 2.45) is 0 Å². The van der Waals surface area contributed by atoms with Gasteiger partial charge in [-0.25, -0.2) is 4.79 Å². The Morgan fingerprint density at radius 1 is 1.22 bits per heavy atom. The summed E-state index contributed by atoms with van der Waals surface area (Å²) in [5.41, 5.74) is -1.21. The highest BCUT2D eigenvalue weighted by molar-refractivity contribution is 5.97. The molecule has 2 rings (SSSR count). The molecular formula is C18H18N2O7. The molecule has 0 aliphatic heterocycles. The first kappa shape index (κ1) is 19.9. The van der Waals surface area contributed by atoms with Gasteiger partial charge in [-0.1, -0.05) is 0 Å². The van der Waals surface area contributed by atoms with Crippen molar-refractivity contribution in [3.8, 4) is 5.75 Å². The lowest BCUT2D eigenvalue weighted by molar-refractivity contribution is -0.385. The number of benzene rings is 2. The van der Waals surface area contributed by atoms with E-state index in [2.05, 4.69) is 5.32 Å². The number of nitro benzene ring substituents is 1. The van der Waals surface area contributed by atoms with E-state index in [1.54, 1.807) is 0 Å². The molecule has 0 aliphatic rings. The highest BCUT2D eigenvalue weighted by Crippen LogP contribution is 2.22. The Labute approximate surface area is 154 Å². The first-order valence-electron chi connectivity index (χ1n) is 7.85. The van der Waals surface area contributed by atoms with Gasteiger partial charge in [0.15, 0.2) is 5.60 Å². The van der Waals surface area contributed by atoms with E-state index < -0.39 is 22.4 Å². The number of carbonyl (C=O) groups excluding carboxylic acids is 1. The average molecular weight is 374 g/mol. The van der Waals surface area contributed by atoms with Gasteiger partial charge in [-0.3, -0.25) is 14.9 Å². The predicted molar refractivity (Wildman–Crippen MR) is 96.0 cm³/mol. The molecule has 9 heteroatoms. The van der Waals surface area contributed by atoms with Gasteiger partial charge >= 0.3 is 5.97 Å². The summed E-state index contributed by atoms with van der Waals surface area (Å²) in [5.74, 6) is -1.54. The van der Waals surface area contributed by atoms with E-state index >= 15 is 0 Å². The summed E-state index contributed by atoms with van der Waals surface area (Å²) < 4.78 is 5.35. The van der Waals surface area contributed by atoms with Crippen LogP contribution in [0.15, 0.2) is 42.5 Å².